The van der Waals surface area contributed by atoms with Gasteiger partial charge in [-0.1, -0.05) is 12.1 Å². The molecule has 4 rings (SSSR count). The number of hydrogen-bond donors (Lipinski definition) is 1. The van der Waals surface area contributed by atoms with Gasteiger partial charge in [-0.05, 0) is 67.4 Å². The van der Waals surface area contributed by atoms with Crippen molar-refractivity contribution in [2.45, 2.75) is 20.4 Å². The first kappa shape index (κ1) is 20.4. The smallest absolute Gasteiger partial charge is 0.251 e. The van der Waals surface area contributed by atoms with E-state index in [1.807, 2.05) is 25.1 Å². The van der Waals surface area contributed by atoms with Crippen LogP contribution in [0.4, 0.5) is 8.78 Å². The van der Waals surface area contributed by atoms with E-state index in [0.717, 1.165) is 28.6 Å². The summed E-state index contributed by atoms with van der Waals surface area (Å²) in [6, 6.07) is 15.0. The lowest BCUT2D eigenvalue weighted by Gasteiger charge is -2.14. The molecule has 2 aromatic carbocycles. The van der Waals surface area contributed by atoms with Gasteiger partial charge in [-0.25, -0.2) is 0 Å². The van der Waals surface area contributed by atoms with E-state index in [-0.39, 0.29) is 18.0 Å². The molecule has 0 spiro atoms. The third-order valence-corrected chi connectivity index (χ3v) is 4.88. The topological polar surface area (TPSA) is 64.1 Å². The molecule has 31 heavy (non-hydrogen) atoms. The summed E-state index contributed by atoms with van der Waals surface area (Å²) in [7, 11) is 0. The molecule has 0 radical (unpaired) electrons. The summed E-state index contributed by atoms with van der Waals surface area (Å²) in [5.74, 6) is -1.09. The standard InChI is InChI=1S/C24H19F2N3O2/c1-14-6-7-18-19(10-14)27-9-8-21(18)31-20-5-3-4-17(15(20)2)24(30)28-13-16-11-22(25)29-23(26)12-16/h3-12H,13H2,1-2H3,(H,28,30). The largest absolute Gasteiger partial charge is 0.456 e. The third-order valence-electron chi connectivity index (χ3n) is 4.88. The zero-order valence-corrected chi connectivity index (χ0v) is 16.9. The molecule has 0 bridgehead atoms. The number of pyridine rings is 2. The van der Waals surface area contributed by atoms with E-state index in [2.05, 4.69) is 15.3 Å². The van der Waals surface area contributed by atoms with Crippen molar-refractivity contribution in [3.05, 3.63) is 94.9 Å². The lowest BCUT2D eigenvalue weighted by Crippen LogP contribution is -2.24. The van der Waals surface area contributed by atoms with Crippen LogP contribution in [0.5, 0.6) is 11.5 Å². The third kappa shape index (κ3) is 4.50. The fourth-order valence-electron chi connectivity index (χ4n) is 3.30. The number of amides is 1. The van der Waals surface area contributed by atoms with Crippen LogP contribution in [0.15, 0.2) is 60.8 Å². The lowest BCUT2D eigenvalue weighted by molar-refractivity contribution is 0.0949. The van der Waals surface area contributed by atoms with Gasteiger partial charge in [0.25, 0.3) is 5.91 Å². The number of carbonyl (C=O) groups is 1. The van der Waals surface area contributed by atoms with Gasteiger partial charge in [0.2, 0.25) is 11.9 Å². The minimum atomic E-state index is -0.935. The summed E-state index contributed by atoms with van der Waals surface area (Å²) in [6.45, 7) is 3.74. The Kier molecular flexibility index (Phi) is 5.58. The van der Waals surface area contributed by atoms with E-state index in [0.29, 0.717) is 22.6 Å². The van der Waals surface area contributed by atoms with Crippen molar-refractivity contribution in [3.8, 4) is 11.5 Å². The predicted molar refractivity (Wildman–Crippen MR) is 113 cm³/mol. The molecule has 0 aliphatic rings. The van der Waals surface area contributed by atoms with Crippen molar-refractivity contribution in [1.29, 1.82) is 0 Å². The van der Waals surface area contributed by atoms with Crippen LogP contribution in [-0.4, -0.2) is 15.9 Å². The number of nitrogens with one attached hydrogen (secondary N) is 1. The van der Waals surface area contributed by atoms with Gasteiger partial charge >= 0.3 is 0 Å². The summed E-state index contributed by atoms with van der Waals surface area (Å²) in [5.41, 5.74) is 3.25. The molecule has 156 valence electrons. The number of halogens is 2. The maximum atomic E-state index is 13.2. The number of rotatable bonds is 5. The monoisotopic (exact) mass is 419 g/mol. The molecule has 0 saturated heterocycles. The molecule has 1 N–H and O–H groups in total. The van der Waals surface area contributed by atoms with Crippen LogP contribution in [0.2, 0.25) is 0 Å². The van der Waals surface area contributed by atoms with Crippen LogP contribution in [0.25, 0.3) is 10.9 Å². The second-order valence-electron chi connectivity index (χ2n) is 7.16. The highest BCUT2D eigenvalue weighted by Crippen LogP contribution is 2.32. The van der Waals surface area contributed by atoms with Crippen molar-refractivity contribution < 1.29 is 18.3 Å². The van der Waals surface area contributed by atoms with E-state index in [1.165, 1.54) is 0 Å². The predicted octanol–water partition coefficient (Wildman–Crippen LogP) is 5.25. The number of aryl methyl sites for hydroxylation is 1. The van der Waals surface area contributed by atoms with E-state index >= 15 is 0 Å². The summed E-state index contributed by atoms with van der Waals surface area (Å²) < 4.78 is 32.6. The molecule has 5 nitrogen and oxygen atoms in total. The summed E-state index contributed by atoms with van der Waals surface area (Å²) in [5, 5.41) is 3.54. The van der Waals surface area contributed by atoms with Crippen LogP contribution in [0.1, 0.15) is 27.0 Å². The second kappa shape index (κ2) is 8.47. The first-order chi connectivity index (χ1) is 14.9. The van der Waals surface area contributed by atoms with Gasteiger partial charge in [0.05, 0.1) is 5.52 Å². The molecule has 7 heteroatoms. The van der Waals surface area contributed by atoms with Gasteiger partial charge in [0.1, 0.15) is 11.5 Å². The van der Waals surface area contributed by atoms with Crippen molar-refractivity contribution in [3.63, 3.8) is 0 Å². The number of nitrogens with zero attached hydrogens (tertiary/aromatic N) is 2. The van der Waals surface area contributed by atoms with Crippen molar-refractivity contribution in [2.75, 3.05) is 0 Å². The van der Waals surface area contributed by atoms with E-state index in [9.17, 15) is 13.6 Å². The summed E-state index contributed by atoms with van der Waals surface area (Å²) in [6.07, 6.45) is 1.68. The van der Waals surface area contributed by atoms with E-state index in [4.69, 9.17) is 4.74 Å². The molecule has 0 aliphatic heterocycles. The van der Waals surface area contributed by atoms with Gasteiger partial charge in [-0.3, -0.25) is 9.78 Å². The SMILES string of the molecule is Cc1ccc2c(Oc3cccc(C(=O)NCc4cc(F)nc(F)c4)c3C)ccnc2c1. The Morgan fingerprint density at radius 2 is 1.77 bits per heavy atom. The number of fused-ring (bicyclic) bond motifs is 1. The first-order valence-corrected chi connectivity index (χ1v) is 9.64. The molecular formula is C24H19F2N3O2. The molecule has 0 saturated carbocycles. The summed E-state index contributed by atoms with van der Waals surface area (Å²) in [4.78, 5) is 20.1. The molecule has 0 unspecified atom stereocenters. The first-order valence-electron chi connectivity index (χ1n) is 9.64. The Balaban J connectivity index is 1.56. The van der Waals surface area contributed by atoms with E-state index < -0.39 is 11.9 Å². The van der Waals surface area contributed by atoms with Crippen LogP contribution < -0.4 is 10.1 Å². The van der Waals surface area contributed by atoms with Gasteiger partial charge < -0.3 is 10.1 Å². The fourth-order valence-corrected chi connectivity index (χ4v) is 3.30. The molecule has 0 fully saturated rings. The van der Waals surface area contributed by atoms with Crippen LogP contribution in [0, 0.1) is 25.7 Å². The second-order valence-corrected chi connectivity index (χ2v) is 7.16. The molecular weight excluding hydrogens is 400 g/mol. The average molecular weight is 419 g/mol. The van der Waals surface area contributed by atoms with E-state index in [1.54, 1.807) is 37.4 Å². The number of hydrogen-bond acceptors (Lipinski definition) is 4. The number of aromatic nitrogens is 2. The van der Waals surface area contributed by atoms with Crippen molar-refractivity contribution in [1.82, 2.24) is 15.3 Å². The van der Waals surface area contributed by atoms with Crippen molar-refractivity contribution >= 4 is 16.8 Å². The minimum absolute atomic E-state index is 0.0337. The number of ether oxygens (including phenoxy) is 1. The highest BCUT2D eigenvalue weighted by molar-refractivity contribution is 5.96. The minimum Gasteiger partial charge on any atom is -0.456 e. The average Bonchev–Trinajstić information content (AvgIpc) is 2.73. The normalized spacial score (nSPS) is 10.8. The molecule has 4 aromatic rings. The quantitative estimate of drug-likeness (QED) is 0.449. The summed E-state index contributed by atoms with van der Waals surface area (Å²) >= 11 is 0. The Labute approximate surface area is 177 Å². The van der Waals surface area contributed by atoms with Crippen LogP contribution >= 0.6 is 0 Å². The van der Waals surface area contributed by atoms with Gasteiger partial charge in [0.15, 0.2) is 0 Å². The molecule has 2 heterocycles. The zero-order chi connectivity index (χ0) is 22.0. The van der Waals surface area contributed by atoms with Gasteiger partial charge in [0, 0.05) is 29.3 Å². The van der Waals surface area contributed by atoms with Gasteiger partial charge in [-0.15, -0.1) is 0 Å². The Hall–Kier alpha value is -3.87. The highest BCUT2D eigenvalue weighted by Gasteiger charge is 2.14. The van der Waals surface area contributed by atoms with Crippen LogP contribution in [-0.2, 0) is 6.54 Å². The lowest BCUT2D eigenvalue weighted by atomic mass is 10.1. The Morgan fingerprint density at radius 1 is 1.00 bits per heavy atom. The van der Waals surface area contributed by atoms with Gasteiger partial charge in [-0.2, -0.15) is 13.8 Å². The number of carbonyl (C=O) groups excluding carboxylic acids is 1. The highest BCUT2D eigenvalue weighted by atomic mass is 19.1. The molecule has 0 atom stereocenters. The molecule has 1 amide bonds. The van der Waals surface area contributed by atoms with Crippen LogP contribution in [0.3, 0.4) is 0 Å². The maximum absolute atomic E-state index is 13.2. The Bertz CT molecular complexity index is 1270. The Morgan fingerprint density at radius 3 is 2.55 bits per heavy atom. The maximum Gasteiger partial charge on any atom is 0.251 e. The molecule has 0 aliphatic carbocycles. The zero-order valence-electron chi connectivity index (χ0n) is 16.9. The van der Waals surface area contributed by atoms with Crippen molar-refractivity contribution in [2.24, 2.45) is 0 Å². The number of benzene rings is 2. The fraction of sp³-hybridized carbons (Fsp3) is 0.125. The molecule has 2 aromatic heterocycles.